The van der Waals surface area contributed by atoms with Crippen molar-refractivity contribution in [2.24, 2.45) is 0 Å². The number of unbranched alkanes of at least 4 members (excludes halogenated alkanes) is 2. The number of hydrogen-bond donors (Lipinski definition) is 1. The summed E-state index contributed by atoms with van der Waals surface area (Å²) in [6.07, 6.45) is 4.02. The summed E-state index contributed by atoms with van der Waals surface area (Å²) in [5.41, 5.74) is 0.642. The summed E-state index contributed by atoms with van der Waals surface area (Å²) in [7, 11) is 1.56. The van der Waals surface area contributed by atoms with Gasteiger partial charge in [-0.2, -0.15) is 0 Å². The van der Waals surface area contributed by atoms with Crippen LogP contribution in [0.4, 0.5) is 5.69 Å². The molecule has 0 unspecified atom stereocenters. The van der Waals surface area contributed by atoms with Gasteiger partial charge in [-0.15, -0.1) is 0 Å². The second-order valence-electron chi connectivity index (χ2n) is 3.68. The Bertz CT molecular complexity index is 353. The number of rotatable bonds is 8. The van der Waals surface area contributed by atoms with E-state index >= 15 is 0 Å². The molecule has 17 heavy (non-hydrogen) atoms. The van der Waals surface area contributed by atoms with E-state index in [9.17, 15) is 4.79 Å². The highest BCUT2D eigenvalue weighted by molar-refractivity contribution is 5.75. The SMILES string of the molecule is CCCCCOc1ccc(NC=O)c(OC)c1. The molecule has 1 aromatic carbocycles. The second kappa shape index (κ2) is 7.54. The third-order valence-electron chi connectivity index (χ3n) is 2.40. The van der Waals surface area contributed by atoms with Crippen LogP contribution in [0.5, 0.6) is 11.5 Å². The second-order valence-corrected chi connectivity index (χ2v) is 3.68. The van der Waals surface area contributed by atoms with Gasteiger partial charge in [0.15, 0.2) is 0 Å². The molecule has 0 bridgehead atoms. The fourth-order valence-electron chi connectivity index (χ4n) is 1.49. The molecule has 0 aromatic heterocycles. The van der Waals surface area contributed by atoms with E-state index in [0.717, 1.165) is 12.2 Å². The fourth-order valence-corrected chi connectivity index (χ4v) is 1.49. The van der Waals surface area contributed by atoms with Gasteiger partial charge in [-0.05, 0) is 18.6 Å². The first-order valence-electron chi connectivity index (χ1n) is 5.82. The minimum atomic E-state index is 0.602. The molecule has 1 N–H and O–H groups in total. The summed E-state index contributed by atoms with van der Waals surface area (Å²) in [5, 5.41) is 2.57. The van der Waals surface area contributed by atoms with E-state index in [2.05, 4.69) is 12.2 Å². The summed E-state index contributed by atoms with van der Waals surface area (Å²) in [6.45, 7) is 2.86. The van der Waals surface area contributed by atoms with Crippen LogP contribution in [0.3, 0.4) is 0 Å². The van der Waals surface area contributed by atoms with Crippen LogP contribution in [0.15, 0.2) is 18.2 Å². The van der Waals surface area contributed by atoms with E-state index in [0.29, 0.717) is 24.5 Å². The molecule has 94 valence electrons. The van der Waals surface area contributed by atoms with Crippen molar-refractivity contribution < 1.29 is 14.3 Å². The molecular formula is C13H19NO3. The topological polar surface area (TPSA) is 47.6 Å². The van der Waals surface area contributed by atoms with Crippen LogP contribution in [0, 0.1) is 0 Å². The molecule has 1 rings (SSSR count). The number of carbonyl (C=O) groups is 1. The van der Waals surface area contributed by atoms with E-state index in [-0.39, 0.29) is 0 Å². The molecule has 0 radical (unpaired) electrons. The van der Waals surface area contributed by atoms with Crippen LogP contribution in [-0.4, -0.2) is 20.1 Å². The van der Waals surface area contributed by atoms with Gasteiger partial charge >= 0.3 is 0 Å². The Morgan fingerprint density at radius 1 is 1.35 bits per heavy atom. The summed E-state index contributed by atoms with van der Waals surface area (Å²) < 4.78 is 10.8. The summed E-state index contributed by atoms with van der Waals surface area (Å²) in [5.74, 6) is 1.36. The Morgan fingerprint density at radius 2 is 2.18 bits per heavy atom. The van der Waals surface area contributed by atoms with Crippen molar-refractivity contribution >= 4 is 12.1 Å². The molecular weight excluding hydrogens is 218 g/mol. The van der Waals surface area contributed by atoms with E-state index in [1.54, 1.807) is 19.2 Å². The van der Waals surface area contributed by atoms with E-state index in [1.807, 2.05) is 6.07 Å². The standard InChI is InChI=1S/C13H19NO3/c1-3-4-5-8-17-11-6-7-12(14-10-15)13(9-11)16-2/h6-7,9-10H,3-5,8H2,1-2H3,(H,14,15). The molecule has 0 spiro atoms. The zero-order chi connectivity index (χ0) is 12.5. The Balaban J connectivity index is 2.59. The van der Waals surface area contributed by atoms with Crippen LogP contribution >= 0.6 is 0 Å². The lowest BCUT2D eigenvalue weighted by atomic mass is 10.2. The third kappa shape index (κ3) is 4.34. The van der Waals surface area contributed by atoms with Gasteiger partial charge in [-0.25, -0.2) is 0 Å². The van der Waals surface area contributed by atoms with Crippen LogP contribution in [0.1, 0.15) is 26.2 Å². The van der Waals surface area contributed by atoms with Crippen LogP contribution in [-0.2, 0) is 4.79 Å². The van der Waals surface area contributed by atoms with Gasteiger partial charge in [-0.3, -0.25) is 4.79 Å². The number of ether oxygens (including phenoxy) is 2. The van der Waals surface area contributed by atoms with Crippen molar-refractivity contribution in [2.45, 2.75) is 26.2 Å². The number of methoxy groups -OCH3 is 1. The number of amides is 1. The molecule has 0 heterocycles. The Morgan fingerprint density at radius 3 is 2.82 bits per heavy atom. The number of hydrogen-bond acceptors (Lipinski definition) is 3. The fraction of sp³-hybridized carbons (Fsp3) is 0.462. The minimum absolute atomic E-state index is 0.602. The Hall–Kier alpha value is -1.71. The Kier molecular flexibility index (Phi) is 5.93. The quantitative estimate of drug-likeness (QED) is 0.558. The maximum Gasteiger partial charge on any atom is 0.211 e. The maximum absolute atomic E-state index is 10.4. The highest BCUT2D eigenvalue weighted by atomic mass is 16.5. The van der Waals surface area contributed by atoms with Gasteiger partial charge in [0.05, 0.1) is 19.4 Å². The highest BCUT2D eigenvalue weighted by Crippen LogP contribution is 2.28. The van der Waals surface area contributed by atoms with Gasteiger partial charge in [-0.1, -0.05) is 19.8 Å². The maximum atomic E-state index is 10.4. The van der Waals surface area contributed by atoms with Crippen molar-refractivity contribution in [1.29, 1.82) is 0 Å². The summed E-state index contributed by atoms with van der Waals surface area (Å²) in [4.78, 5) is 10.4. The first kappa shape index (κ1) is 13.4. The van der Waals surface area contributed by atoms with Crippen LogP contribution in [0.25, 0.3) is 0 Å². The molecule has 1 aromatic rings. The Labute approximate surface area is 102 Å². The lowest BCUT2D eigenvalue weighted by molar-refractivity contribution is -0.105. The number of benzene rings is 1. The van der Waals surface area contributed by atoms with Gasteiger partial charge in [0.25, 0.3) is 0 Å². The molecule has 0 saturated carbocycles. The monoisotopic (exact) mass is 237 g/mol. The molecule has 0 saturated heterocycles. The van der Waals surface area contributed by atoms with Crippen molar-refractivity contribution in [3.63, 3.8) is 0 Å². The van der Waals surface area contributed by atoms with Crippen molar-refractivity contribution in [3.8, 4) is 11.5 Å². The molecule has 4 nitrogen and oxygen atoms in total. The summed E-state index contributed by atoms with van der Waals surface area (Å²) >= 11 is 0. The smallest absolute Gasteiger partial charge is 0.211 e. The largest absolute Gasteiger partial charge is 0.494 e. The molecule has 0 aliphatic carbocycles. The number of nitrogens with one attached hydrogen (secondary N) is 1. The number of carbonyl (C=O) groups excluding carboxylic acids is 1. The van der Waals surface area contributed by atoms with Crippen molar-refractivity contribution in [2.75, 3.05) is 19.0 Å². The average Bonchev–Trinajstić information content (AvgIpc) is 2.36. The van der Waals surface area contributed by atoms with E-state index in [4.69, 9.17) is 9.47 Å². The summed E-state index contributed by atoms with van der Waals surface area (Å²) in [6, 6.07) is 5.36. The molecule has 4 heteroatoms. The first-order chi connectivity index (χ1) is 8.31. The number of anilines is 1. The zero-order valence-corrected chi connectivity index (χ0v) is 10.4. The van der Waals surface area contributed by atoms with Crippen LogP contribution < -0.4 is 14.8 Å². The van der Waals surface area contributed by atoms with Gasteiger partial charge in [0.2, 0.25) is 6.41 Å². The molecule has 0 fully saturated rings. The first-order valence-corrected chi connectivity index (χ1v) is 5.82. The third-order valence-corrected chi connectivity index (χ3v) is 2.40. The molecule has 0 aliphatic heterocycles. The molecule has 0 aliphatic rings. The molecule has 0 atom stereocenters. The zero-order valence-electron chi connectivity index (χ0n) is 10.4. The predicted molar refractivity (Wildman–Crippen MR) is 67.7 cm³/mol. The van der Waals surface area contributed by atoms with Crippen LogP contribution in [0.2, 0.25) is 0 Å². The highest BCUT2D eigenvalue weighted by Gasteiger charge is 2.04. The lowest BCUT2D eigenvalue weighted by Gasteiger charge is -2.10. The van der Waals surface area contributed by atoms with Gasteiger partial charge < -0.3 is 14.8 Å². The normalized spacial score (nSPS) is 9.76. The van der Waals surface area contributed by atoms with Gasteiger partial charge in [0, 0.05) is 6.07 Å². The minimum Gasteiger partial charge on any atom is -0.494 e. The van der Waals surface area contributed by atoms with Gasteiger partial charge in [0.1, 0.15) is 11.5 Å². The lowest BCUT2D eigenvalue weighted by Crippen LogP contribution is -2.00. The molecule has 1 amide bonds. The van der Waals surface area contributed by atoms with E-state index in [1.165, 1.54) is 12.8 Å². The van der Waals surface area contributed by atoms with Crippen molar-refractivity contribution in [1.82, 2.24) is 0 Å². The van der Waals surface area contributed by atoms with Crippen molar-refractivity contribution in [3.05, 3.63) is 18.2 Å². The van der Waals surface area contributed by atoms with E-state index < -0.39 is 0 Å². The predicted octanol–water partition coefficient (Wildman–Crippen LogP) is 2.83. The average molecular weight is 237 g/mol.